The number of methoxy groups -OCH3 is 1. The molecule has 5 nitrogen and oxygen atoms in total. The van der Waals surface area contributed by atoms with Crippen LogP contribution in [-0.4, -0.2) is 32.1 Å². The third-order valence-electron chi connectivity index (χ3n) is 3.14. The second-order valence-corrected chi connectivity index (χ2v) is 6.69. The number of anilines is 1. The van der Waals surface area contributed by atoms with E-state index in [0.29, 0.717) is 21.6 Å². The summed E-state index contributed by atoms with van der Waals surface area (Å²) in [5, 5.41) is 5.85. The van der Waals surface area contributed by atoms with Gasteiger partial charge in [-0.25, -0.2) is 4.79 Å². The molecule has 0 radical (unpaired) electrons. The predicted octanol–water partition coefficient (Wildman–Crippen LogP) is 2.94. The van der Waals surface area contributed by atoms with Crippen molar-refractivity contribution in [1.82, 2.24) is 5.32 Å². The Labute approximate surface area is 140 Å². The van der Waals surface area contributed by atoms with Crippen molar-refractivity contribution in [3.63, 3.8) is 0 Å². The minimum atomic E-state index is -0.502. The highest BCUT2D eigenvalue weighted by molar-refractivity contribution is 9.11. The van der Waals surface area contributed by atoms with Crippen molar-refractivity contribution in [2.75, 3.05) is 25.5 Å². The smallest absolute Gasteiger partial charge is 0.340 e. The van der Waals surface area contributed by atoms with Crippen molar-refractivity contribution in [3.8, 4) is 0 Å². The number of carbonyl (C=O) groups is 2. The maximum atomic E-state index is 12.0. The number of ether oxygens (including phenoxy) is 1. The summed E-state index contributed by atoms with van der Waals surface area (Å²) in [5.41, 5.74) is 0.720. The summed E-state index contributed by atoms with van der Waals surface area (Å²) in [6.07, 6.45) is 2.47. The number of halogens is 2. The second-order valence-electron chi connectivity index (χ2n) is 4.92. The minimum absolute atomic E-state index is 0.191. The van der Waals surface area contributed by atoms with E-state index in [1.54, 1.807) is 12.1 Å². The molecule has 2 N–H and O–H groups in total. The van der Waals surface area contributed by atoms with Gasteiger partial charge in [-0.1, -0.05) is 15.9 Å². The molecule has 1 fully saturated rings. The summed E-state index contributed by atoms with van der Waals surface area (Å²) in [5.74, 6) is 0.0184. The van der Waals surface area contributed by atoms with Crippen LogP contribution in [0.4, 0.5) is 5.69 Å². The fourth-order valence-electron chi connectivity index (χ4n) is 1.87. The van der Waals surface area contributed by atoms with Crippen molar-refractivity contribution in [3.05, 3.63) is 26.6 Å². The minimum Gasteiger partial charge on any atom is -0.465 e. The highest BCUT2D eigenvalue weighted by atomic mass is 79.9. The van der Waals surface area contributed by atoms with E-state index in [1.165, 1.54) is 20.0 Å². The molecule has 2 rings (SSSR count). The van der Waals surface area contributed by atoms with Gasteiger partial charge in [0, 0.05) is 8.95 Å². The van der Waals surface area contributed by atoms with Gasteiger partial charge in [0.05, 0.1) is 24.9 Å². The number of benzene rings is 1. The molecule has 0 aliphatic heterocycles. The van der Waals surface area contributed by atoms with Crippen LogP contribution >= 0.6 is 31.9 Å². The number of hydrogen-bond acceptors (Lipinski definition) is 4. The molecule has 1 aliphatic carbocycles. The molecule has 0 aromatic heterocycles. The molecular formula is C14H16Br2N2O3. The van der Waals surface area contributed by atoms with Crippen molar-refractivity contribution < 1.29 is 14.3 Å². The Hall–Kier alpha value is -0.920. The van der Waals surface area contributed by atoms with E-state index in [9.17, 15) is 9.59 Å². The average Bonchev–Trinajstić information content (AvgIpc) is 3.24. The molecule has 114 valence electrons. The summed E-state index contributed by atoms with van der Waals surface area (Å²) in [7, 11) is 1.31. The van der Waals surface area contributed by atoms with Crippen LogP contribution < -0.4 is 10.6 Å². The van der Waals surface area contributed by atoms with E-state index >= 15 is 0 Å². The number of rotatable bonds is 6. The van der Waals surface area contributed by atoms with Gasteiger partial charge in [-0.05, 0) is 53.4 Å². The Morgan fingerprint density at radius 3 is 2.67 bits per heavy atom. The van der Waals surface area contributed by atoms with Crippen LogP contribution in [0.5, 0.6) is 0 Å². The molecule has 0 bridgehead atoms. The van der Waals surface area contributed by atoms with Crippen LogP contribution in [0.3, 0.4) is 0 Å². The number of amides is 1. The van der Waals surface area contributed by atoms with Gasteiger partial charge in [-0.2, -0.15) is 0 Å². The average molecular weight is 420 g/mol. The van der Waals surface area contributed by atoms with Crippen LogP contribution in [0, 0.1) is 5.92 Å². The molecular weight excluding hydrogens is 404 g/mol. The summed E-state index contributed by atoms with van der Waals surface area (Å²) >= 11 is 6.67. The Morgan fingerprint density at radius 2 is 2.05 bits per heavy atom. The molecule has 1 aliphatic rings. The first kappa shape index (κ1) is 16.5. The normalized spacial score (nSPS) is 13.9. The molecule has 1 aromatic rings. The first-order chi connectivity index (χ1) is 10.0. The van der Waals surface area contributed by atoms with Crippen molar-refractivity contribution >= 4 is 49.4 Å². The summed E-state index contributed by atoms with van der Waals surface area (Å²) < 4.78 is 6.08. The van der Waals surface area contributed by atoms with Gasteiger partial charge >= 0.3 is 5.97 Å². The molecule has 0 heterocycles. The maximum absolute atomic E-state index is 12.0. The van der Waals surface area contributed by atoms with Crippen molar-refractivity contribution in [1.29, 1.82) is 0 Å². The Bertz CT molecular complexity index is 559. The fourth-order valence-corrected chi connectivity index (χ4v) is 3.19. The van der Waals surface area contributed by atoms with Crippen LogP contribution in [0.25, 0.3) is 0 Å². The van der Waals surface area contributed by atoms with Crippen molar-refractivity contribution in [2.45, 2.75) is 12.8 Å². The first-order valence-electron chi connectivity index (χ1n) is 6.59. The second kappa shape index (κ2) is 7.38. The van der Waals surface area contributed by atoms with Gasteiger partial charge in [0.25, 0.3) is 0 Å². The highest BCUT2D eigenvalue weighted by Gasteiger charge is 2.21. The molecule has 21 heavy (non-hydrogen) atoms. The van der Waals surface area contributed by atoms with E-state index < -0.39 is 5.97 Å². The predicted molar refractivity (Wildman–Crippen MR) is 87.4 cm³/mol. The van der Waals surface area contributed by atoms with Gasteiger partial charge in [0.1, 0.15) is 0 Å². The molecule has 0 atom stereocenters. The lowest BCUT2D eigenvalue weighted by atomic mass is 10.2. The lowest BCUT2D eigenvalue weighted by molar-refractivity contribution is -0.115. The number of carbonyl (C=O) groups excluding carboxylic acids is 2. The SMILES string of the molecule is COC(=O)c1cc(Br)cc(Br)c1NC(=O)CNCC1CC1. The lowest BCUT2D eigenvalue weighted by Gasteiger charge is -2.13. The summed E-state index contributed by atoms with van der Waals surface area (Å²) in [6, 6.07) is 3.38. The molecule has 7 heteroatoms. The third kappa shape index (κ3) is 4.79. The van der Waals surface area contributed by atoms with E-state index in [-0.39, 0.29) is 12.5 Å². The zero-order valence-electron chi connectivity index (χ0n) is 11.5. The van der Waals surface area contributed by atoms with E-state index in [0.717, 1.165) is 11.0 Å². The largest absolute Gasteiger partial charge is 0.465 e. The highest BCUT2D eigenvalue weighted by Crippen LogP contribution is 2.31. The maximum Gasteiger partial charge on any atom is 0.340 e. The van der Waals surface area contributed by atoms with Crippen LogP contribution in [0.2, 0.25) is 0 Å². The zero-order valence-corrected chi connectivity index (χ0v) is 14.7. The monoisotopic (exact) mass is 418 g/mol. The van der Waals surface area contributed by atoms with Gasteiger partial charge in [0.2, 0.25) is 5.91 Å². The summed E-state index contributed by atoms with van der Waals surface area (Å²) in [6.45, 7) is 1.08. The quantitative estimate of drug-likeness (QED) is 0.695. The van der Waals surface area contributed by atoms with E-state index in [1.807, 2.05) is 0 Å². The number of hydrogen-bond donors (Lipinski definition) is 2. The third-order valence-corrected chi connectivity index (χ3v) is 4.22. The number of nitrogens with one attached hydrogen (secondary N) is 2. The van der Waals surface area contributed by atoms with Crippen LogP contribution in [0.15, 0.2) is 21.1 Å². The molecule has 0 unspecified atom stereocenters. The summed E-state index contributed by atoms with van der Waals surface area (Å²) in [4.78, 5) is 23.8. The first-order valence-corrected chi connectivity index (χ1v) is 8.17. The molecule has 1 amide bonds. The standard InChI is InChI=1S/C14H16Br2N2O3/c1-21-14(20)10-4-9(15)5-11(16)13(10)18-12(19)7-17-6-8-2-3-8/h4-5,8,17H,2-3,6-7H2,1H3,(H,18,19). The molecule has 1 saturated carbocycles. The van der Waals surface area contributed by atoms with Crippen LogP contribution in [-0.2, 0) is 9.53 Å². The van der Waals surface area contributed by atoms with E-state index in [2.05, 4.69) is 42.5 Å². The van der Waals surface area contributed by atoms with Crippen molar-refractivity contribution in [2.24, 2.45) is 5.92 Å². The van der Waals surface area contributed by atoms with Crippen LogP contribution in [0.1, 0.15) is 23.2 Å². The van der Waals surface area contributed by atoms with Gasteiger partial charge in [-0.3, -0.25) is 4.79 Å². The molecule has 0 saturated heterocycles. The molecule has 0 spiro atoms. The van der Waals surface area contributed by atoms with E-state index in [4.69, 9.17) is 4.74 Å². The Kier molecular flexibility index (Phi) is 5.78. The molecule has 1 aromatic carbocycles. The fraction of sp³-hybridized carbons (Fsp3) is 0.429. The van der Waals surface area contributed by atoms with Gasteiger partial charge < -0.3 is 15.4 Å². The Morgan fingerprint density at radius 1 is 1.33 bits per heavy atom. The van der Waals surface area contributed by atoms with Gasteiger partial charge in [-0.15, -0.1) is 0 Å². The lowest BCUT2D eigenvalue weighted by Crippen LogP contribution is -2.30. The zero-order chi connectivity index (χ0) is 15.4. The number of esters is 1. The topological polar surface area (TPSA) is 67.4 Å². The van der Waals surface area contributed by atoms with Gasteiger partial charge in [0.15, 0.2) is 0 Å². The Balaban J connectivity index is 2.06.